The van der Waals surface area contributed by atoms with Gasteiger partial charge in [-0.25, -0.2) is 9.18 Å². The molecule has 2 aliphatic heterocycles. The summed E-state index contributed by atoms with van der Waals surface area (Å²) in [5.74, 6) is 0.473. The van der Waals surface area contributed by atoms with E-state index in [1.54, 1.807) is 11.4 Å². The van der Waals surface area contributed by atoms with Gasteiger partial charge in [-0.1, -0.05) is 44.3 Å². The lowest BCUT2D eigenvalue weighted by molar-refractivity contribution is -0.0439. The maximum absolute atomic E-state index is 16.0. The Hall–Kier alpha value is -0.593. The summed E-state index contributed by atoms with van der Waals surface area (Å²) in [7, 11) is -2.40. The molecule has 214 valence electrons. The number of nitrogens with zero attached hydrogens (tertiary/aromatic N) is 2. The van der Waals surface area contributed by atoms with E-state index >= 15 is 4.39 Å². The molecule has 38 heavy (non-hydrogen) atoms. The number of nitrogens with two attached hydrogens (primary N) is 1. The molecule has 2 saturated heterocycles. The van der Waals surface area contributed by atoms with Gasteiger partial charge in [-0.05, 0) is 75.0 Å². The predicted octanol–water partition coefficient (Wildman–Crippen LogP) is 5.96. The number of rotatable bonds is 7. The van der Waals surface area contributed by atoms with Crippen LogP contribution in [0.1, 0.15) is 60.1 Å². The van der Waals surface area contributed by atoms with Crippen LogP contribution in [0.2, 0.25) is 18.1 Å². The van der Waals surface area contributed by atoms with Crippen LogP contribution in [0.15, 0.2) is 29.2 Å². The molecule has 1 saturated carbocycles. The molecule has 0 aromatic carbocycles. The number of aromatic nitrogens is 2. The summed E-state index contributed by atoms with van der Waals surface area (Å²) in [6.07, 6.45) is -0.270. The van der Waals surface area contributed by atoms with E-state index in [9.17, 15) is 4.79 Å². The molecule has 4 rings (SSSR count). The molecule has 1 aromatic heterocycles. The largest absolute Gasteiger partial charge is 0.408 e. The molecule has 8 nitrogen and oxygen atoms in total. The molecule has 2 N–H and O–H groups in total. The Balaban J connectivity index is 1.55. The van der Waals surface area contributed by atoms with Crippen LogP contribution in [0, 0.1) is 5.92 Å². The molecule has 3 aliphatic rings. The Kier molecular flexibility index (Phi) is 8.53. The van der Waals surface area contributed by atoms with E-state index in [2.05, 4.69) is 59.3 Å². The van der Waals surface area contributed by atoms with Crippen LogP contribution >= 0.6 is 17.1 Å². The monoisotopic (exact) mass is 605 g/mol. The van der Waals surface area contributed by atoms with Gasteiger partial charge in [0.15, 0.2) is 20.7 Å². The molecule has 8 atom stereocenters. The summed E-state index contributed by atoms with van der Waals surface area (Å²) in [6.45, 7) is 18.8. The number of alkyl halides is 1. The third-order valence-corrected chi connectivity index (χ3v) is 18.8. The van der Waals surface area contributed by atoms with Gasteiger partial charge in [0.05, 0.1) is 12.7 Å². The van der Waals surface area contributed by atoms with E-state index < -0.39 is 44.3 Å². The van der Waals surface area contributed by atoms with E-state index in [4.69, 9.17) is 35.8 Å². The predicted molar refractivity (Wildman–Crippen MR) is 157 cm³/mol. The third kappa shape index (κ3) is 6.03. The van der Waals surface area contributed by atoms with E-state index in [1.807, 2.05) is 0 Å². The lowest BCUT2D eigenvalue weighted by Crippen LogP contribution is -2.49. The first-order valence-corrected chi connectivity index (χ1v) is 20.0. The fraction of sp³-hybridized carbons (Fsp3) is 0.760. The van der Waals surface area contributed by atoms with Crippen molar-refractivity contribution in [2.24, 2.45) is 5.92 Å². The van der Waals surface area contributed by atoms with Gasteiger partial charge in [-0.3, -0.25) is 4.57 Å². The van der Waals surface area contributed by atoms with Crippen LogP contribution < -0.4 is 11.4 Å². The zero-order valence-corrected chi connectivity index (χ0v) is 26.8. The second kappa shape index (κ2) is 10.7. The summed E-state index contributed by atoms with van der Waals surface area (Å²) >= 11 is 7.54. The number of hydrogen-bond donors (Lipinski definition) is 1. The Morgan fingerprint density at radius 1 is 1.47 bits per heavy atom. The fourth-order valence-electron chi connectivity index (χ4n) is 4.94. The summed E-state index contributed by atoms with van der Waals surface area (Å²) in [6, 6.07) is 1.44. The van der Waals surface area contributed by atoms with E-state index in [0.29, 0.717) is 5.92 Å². The highest BCUT2D eigenvalue weighted by Gasteiger charge is 2.55. The van der Waals surface area contributed by atoms with Crippen molar-refractivity contribution >= 4 is 43.0 Å². The normalized spacial score (nSPS) is 37.8. The van der Waals surface area contributed by atoms with Crippen molar-refractivity contribution in [3.05, 3.63) is 34.9 Å². The Morgan fingerprint density at radius 2 is 2.16 bits per heavy atom. The van der Waals surface area contributed by atoms with Gasteiger partial charge in [0.25, 0.3) is 0 Å². The van der Waals surface area contributed by atoms with Crippen molar-refractivity contribution in [2.45, 2.75) is 107 Å². The summed E-state index contributed by atoms with van der Waals surface area (Å²) in [5, 5.41) is -0.156. The highest BCUT2D eigenvalue weighted by atomic mass is 32.9. The molecular weight excluding hydrogens is 564 g/mol. The second-order valence-electron chi connectivity index (χ2n) is 12.5. The Bertz CT molecular complexity index is 1180. The number of fused-ring (bicyclic) bond motifs is 1. The average molecular weight is 606 g/mol. The van der Waals surface area contributed by atoms with Gasteiger partial charge >= 0.3 is 5.69 Å². The van der Waals surface area contributed by atoms with Gasteiger partial charge < -0.3 is 23.9 Å². The average Bonchev–Trinajstić information content (AvgIpc) is 3.23. The number of allylic oxidation sites excluding steroid dienone is 1. The van der Waals surface area contributed by atoms with Gasteiger partial charge in [-0.2, -0.15) is 4.98 Å². The summed E-state index contributed by atoms with van der Waals surface area (Å²) in [4.78, 5) is 16.3. The number of hydrogen-bond acceptors (Lipinski definition) is 9. The maximum atomic E-state index is 16.0. The Labute approximate surface area is 235 Å². The molecular formula is C25H41FN3O5PS2Si. The van der Waals surface area contributed by atoms with Crippen LogP contribution in [-0.2, 0) is 30.0 Å². The van der Waals surface area contributed by atoms with Gasteiger partial charge in [0, 0.05) is 10.9 Å². The SMILES string of the molecule is C=C(C)[C@@H]1CC[C@]2(C)SP(=S)(OC[C@H]3O[C@@H](n4ccc(N)nc4=O)[C@H](F)[C@@H]3O[Si](C)(C)C(C)(C)C)O[C@H]2C1. The van der Waals surface area contributed by atoms with Crippen LogP contribution in [0.25, 0.3) is 0 Å². The van der Waals surface area contributed by atoms with Crippen LogP contribution in [0.3, 0.4) is 0 Å². The van der Waals surface area contributed by atoms with Crippen molar-refractivity contribution in [1.29, 1.82) is 0 Å². The van der Waals surface area contributed by atoms with Crippen molar-refractivity contribution in [3.63, 3.8) is 0 Å². The fourth-order valence-corrected chi connectivity index (χ4v) is 13.4. The van der Waals surface area contributed by atoms with Crippen LogP contribution in [0.5, 0.6) is 0 Å². The minimum Gasteiger partial charge on any atom is -0.408 e. The molecule has 0 radical (unpaired) electrons. The van der Waals surface area contributed by atoms with Gasteiger partial charge in [0.1, 0.15) is 18.0 Å². The first kappa shape index (κ1) is 30.4. The minimum absolute atomic E-state index is 0.00432. The van der Waals surface area contributed by atoms with Gasteiger partial charge in [0.2, 0.25) is 5.69 Å². The van der Waals surface area contributed by atoms with Crippen molar-refractivity contribution in [3.8, 4) is 0 Å². The first-order chi connectivity index (χ1) is 17.4. The number of ether oxygens (including phenoxy) is 1. The lowest BCUT2D eigenvalue weighted by Gasteiger charge is -2.39. The van der Waals surface area contributed by atoms with Crippen LogP contribution in [0.4, 0.5) is 10.2 Å². The van der Waals surface area contributed by atoms with E-state index in [0.717, 1.165) is 23.8 Å². The Morgan fingerprint density at radius 3 is 2.76 bits per heavy atom. The third-order valence-electron chi connectivity index (χ3n) is 8.47. The lowest BCUT2D eigenvalue weighted by atomic mass is 9.77. The zero-order valence-electron chi connectivity index (χ0n) is 23.3. The first-order valence-electron chi connectivity index (χ1n) is 13.1. The number of anilines is 1. The van der Waals surface area contributed by atoms with Crippen molar-refractivity contribution in [1.82, 2.24) is 9.55 Å². The molecule has 0 bridgehead atoms. The zero-order chi connectivity index (χ0) is 28.3. The second-order valence-corrected chi connectivity index (χ2v) is 23.8. The summed E-state index contributed by atoms with van der Waals surface area (Å²) in [5.41, 5.74) is 3.41. The summed E-state index contributed by atoms with van der Waals surface area (Å²) < 4.78 is 42.4. The maximum Gasteiger partial charge on any atom is 0.351 e. The molecule has 0 spiro atoms. The minimum atomic E-state index is -2.71. The number of halogens is 1. The number of nitrogen functional groups attached to an aromatic ring is 1. The molecule has 1 aromatic rings. The van der Waals surface area contributed by atoms with E-state index in [1.165, 1.54) is 17.8 Å². The molecule has 1 aliphatic carbocycles. The van der Waals surface area contributed by atoms with Gasteiger partial charge in [-0.15, -0.1) is 0 Å². The standard InChI is InChI=1S/C25H41FN3O5PS2Si/c1-15(2)16-9-11-25(6)18(13-16)33-35(36,37-25)31-14-17-21(34-38(7,8)24(3,4)5)20(26)22(32-17)29-12-10-19(27)28-23(29)30/h10,12,16-18,20-22H,1,9,11,13-14H2,2-8H3,(H2,27,28,30)/t16-,17-,18+,20-,21-,22-,25+,35?/m1/s1. The van der Waals surface area contributed by atoms with Crippen molar-refractivity contribution in [2.75, 3.05) is 12.3 Å². The smallest absolute Gasteiger partial charge is 0.351 e. The van der Waals surface area contributed by atoms with Crippen LogP contribution in [-0.4, -0.2) is 53.7 Å². The highest BCUT2D eigenvalue weighted by Crippen LogP contribution is 2.75. The molecule has 0 amide bonds. The molecule has 3 heterocycles. The topological polar surface area (TPSA) is 97.8 Å². The highest BCUT2D eigenvalue weighted by molar-refractivity contribution is 8.68. The molecule has 3 fully saturated rings. The van der Waals surface area contributed by atoms with E-state index in [-0.39, 0.29) is 28.3 Å². The molecule has 1 unspecified atom stereocenters. The molecule has 13 heteroatoms. The quantitative estimate of drug-likeness (QED) is 0.229. The van der Waals surface area contributed by atoms with Crippen molar-refractivity contribution < 1.29 is 22.6 Å².